The molecule has 154 valence electrons. The third-order valence-electron chi connectivity index (χ3n) is 3.99. The summed E-state index contributed by atoms with van der Waals surface area (Å²) >= 11 is 0. The monoisotopic (exact) mass is 395 g/mol. The van der Waals surface area contributed by atoms with Crippen LogP contribution in [0.25, 0.3) is 0 Å². The van der Waals surface area contributed by atoms with Gasteiger partial charge < -0.3 is 19.5 Å². The molecule has 0 fully saturated rings. The molecule has 0 aliphatic heterocycles. The van der Waals surface area contributed by atoms with Gasteiger partial charge in [0.05, 0.1) is 0 Å². The summed E-state index contributed by atoms with van der Waals surface area (Å²) in [6, 6.07) is 6.56. The highest BCUT2D eigenvalue weighted by Crippen LogP contribution is 2.16. The molecule has 0 spiro atoms. The number of aryl methyl sites for hydroxylation is 1. The van der Waals surface area contributed by atoms with Gasteiger partial charge in [0.1, 0.15) is 5.75 Å². The SMILES string of the molecule is CN=C(NCCCc1nc(C(C)C)no1)N(C)Cc1ccc(OC(F)F)cc1. The minimum Gasteiger partial charge on any atom is -0.435 e. The molecule has 0 saturated carbocycles. The Morgan fingerprint density at radius 3 is 2.57 bits per heavy atom. The Labute approximate surface area is 163 Å². The van der Waals surface area contributed by atoms with Gasteiger partial charge in [-0.25, -0.2) is 0 Å². The Kier molecular flexibility index (Phi) is 8.16. The normalized spacial score (nSPS) is 11.9. The van der Waals surface area contributed by atoms with E-state index in [0.29, 0.717) is 25.4 Å². The third kappa shape index (κ3) is 6.79. The number of guanidine groups is 1. The molecule has 0 aliphatic carbocycles. The second kappa shape index (κ2) is 10.6. The lowest BCUT2D eigenvalue weighted by molar-refractivity contribution is -0.0498. The molecule has 1 aromatic carbocycles. The molecule has 0 radical (unpaired) electrons. The van der Waals surface area contributed by atoms with Gasteiger partial charge in [0.25, 0.3) is 0 Å². The molecule has 7 nitrogen and oxygen atoms in total. The molecule has 0 unspecified atom stereocenters. The molecule has 9 heteroatoms. The lowest BCUT2D eigenvalue weighted by Gasteiger charge is -2.22. The summed E-state index contributed by atoms with van der Waals surface area (Å²) in [6.45, 7) is 2.51. The topological polar surface area (TPSA) is 75.8 Å². The molecule has 28 heavy (non-hydrogen) atoms. The molecule has 2 rings (SSSR count). The van der Waals surface area contributed by atoms with Gasteiger partial charge in [0.2, 0.25) is 5.89 Å². The van der Waals surface area contributed by atoms with Crippen LogP contribution in [-0.4, -0.2) is 48.3 Å². The van der Waals surface area contributed by atoms with Crippen molar-refractivity contribution in [1.29, 1.82) is 0 Å². The first-order valence-corrected chi connectivity index (χ1v) is 9.17. The van der Waals surface area contributed by atoms with E-state index in [0.717, 1.165) is 23.8 Å². The molecular formula is C19H27F2N5O2. The third-order valence-corrected chi connectivity index (χ3v) is 3.99. The Balaban J connectivity index is 1.77. The van der Waals surface area contributed by atoms with Gasteiger partial charge in [-0.05, 0) is 24.1 Å². The maximum absolute atomic E-state index is 12.2. The first kappa shape index (κ1) is 21.6. The van der Waals surface area contributed by atoms with Crippen molar-refractivity contribution in [3.05, 3.63) is 41.5 Å². The van der Waals surface area contributed by atoms with Crippen LogP contribution in [0.4, 0.5) is 8.78 Å². The minimum atomic E-state index is -2.82. The number of hydrogen-bond acceptors (Lipinski definition) is 5. The summed E-state index contributed by atoms with van der Waals surface area (Å²) in [5.74, 6) is 2.49. The maximum atomic E-state index is 12.2. The Morgan fingerprint density at radius 1 is 1.29 bits per heavy atom. The molecule has 0 bridgehead atoms. The van der Waals surface area contributed by atoms with Crippen LogP contribution in [0.1, 0.15) is 43.5 Å². The van der Waals surface area contributed by atoms with Crippen molar-refractivity contribution in [2.45, 2.75) is 45.8 Å². The average molecular weight is 395 g/mol. The first-order chi connectivity index (χ1) is 13.4. The summed E-state index contributed by atoms with van der Waals surface area (Å²) in [5.41, 5.74) is 0.958. The number of hydrogen-bond donors (Lipinski definition) is 1. The predicted octanol–water partition coefficient (Wildman–Crippen LogP) is 3.43. The van der Waals surface area contributed by atoms with Crippen molar-refractivity contribution in [2.24, 2.45) is 4.99 Å². The van der Waals surface area contributed by atoms with Gasteiger partial charge in [-0.15, -0.1) is 0 Å². The lowest BCUT2D eigenvalue weighted by Crippen LogP contribution is -2.39. The number of aromatic nitrogens is 2. The summed E-state index contributed by atoms with van der Waals surface area (Å²) in [7, 11) is 3.62. The number of halogens is 2. The van der Waals surface area contributed by atoms with Crippen LogP contribution < -0.4 is 10.1 Å². The van der Waals surface area contributed by atoms with Crippen LogP contribution in [0.3, 0.4) is 0 Å². The molecule has 2 aromatic rings. The van der Waals surface area contributed by atoms with E-state index in [-0.39, 0.29) is 11.7 Å². The smallest absolute Gasteiger partial charge is 0.387 e. The zero-order valence-electron chi connectivity index (χ0n) is 16.7. The van der Waals surface area contributed by atoms with E-state index in [4.69, 9.17) is 4.52 Å². The Bertz CT molecular complexity index is 747. The summed E-state index contributed by atoms with van der Waals surface area (Å²) in [6.07, 6.45) is 1.52. The van der Waals surface area contributed by atoms with Crippen LogP contribution in [0.2, 0.25) is 0 Å². The number of nitrogens with zero attached hydrogens (tertiary/aromatic N) is 4. The van der Waals surface area contributed by atoms with Crippen molar-refractivity contribution >= 4 is 5.96 Å². The largest absolute Gasteiger partial charge is 0.435 e. The van der Waals surface area contributed by atoms with E-state index in [1.165, 1.54) is 12.1 Å². The van der Waals surface area contributed by atoms with Crippen molar-refractivity contribution in [3.8, 4) is 5.75 Å². The lowest BCUT2D eigenvalue weighted by atomic mass is 10.2. The van der Waals surface area contributed by atoms with Crippen molar-refractivity contribution in [2.75, 3.05) is 20.6 Å². The predicted molar refractivity (Wildman–Crippen MR) is 103 cm³/mol. The van der Waals surface area contributed by atoms with E-state index in [2.05, 4.69) is 25.2 Å². The highest BCUT2D eigenvalue weighted by atomic mass is 19.3. The summed E-state index contributed by atoms with van der Waals surface area (Å²) in [4.78, 5) is 10.6. The number of benzene rings is 1. The summed E-state index contributed by atoms with van der Waals surface area (Å²) < 4.78 is 34.0. The van der Waals surface area contributed by atoms with E-state index in [1.807, 2.05) is 25.8 Å². The molecule has 1 heterocycles. The highest BCUT2D eigenvalue weighted by molar-refractivity contribution is 5.79. The van der Waals surface area contributed by atoms with Crippen LogP contribution in [0, 0.1) is 0 Å². The second-order valence-corrected chi connectivity index (χ2v) is 6.66. The number of rotatable bonds is 9. The average Bonchev–Trinajstić information content (AvgIpc) is 3.12. The zero-order valence-corrected chi connectivity index (χ0v) is 16.7. The number of aliphatic imine (C=N–C) groups is 1. The molecule has 1 N–H and O–H groups in total. The maximum Gasteiger partial charge on any atom is 0.387 e. The Morgan fingerprint density at radius 2 is 2.00 bits per heavy atom. The van der Waals surface area contributed by atoms with Crippen molar-refractivity contribution in [1.82, 2.24) is 20.4 Å². The molecule has 0 saturated heterocycles. The molecule has 0 atom stereocenters. The number of alkyl halides is 2. The van der Waals surface area contributed by atoms with Gasteiger partial charge in [-0.3, -0.25) is 4.99 Å². The van der Waals surface area contributed by atoms with E-state index >= 15 is 0 Å². The van der Waals surface area contributed by atoms with Crippen molar-refractivity contribution in [3.63, 3.8) is 0 Å². The van der Waals surface area contributed by atoms with Crippen LogP contribution in [0.5, 0.6) is 5.75 Å². The standard InChI is InChI=1S/C19H27F2N5O2/c1-13(2)17-24-16(28-25-17)6-5-11-23-19(22-3)26(4)12-14-7-9-15(10-8-14)27-18(20)21/h7-10,13,18H,5-6,11-12H2,1-4H3,(H,22,23). The van der Waals surface area contributed by atoms with E-state index in [1.54, 1.807) is 19.2 Å². The minimum absolute atomic E-state index is 0.144. The fourth-order valence-electron chi connectivity index (χ4n) is 2.55. The fourth-order valence-corrected chi connectivity index (χ4v) is 2.55. The molecule has 1 aromatic heterocycles. The summed E-state index contributed by atoms with van der Waals surface area (Å²) in [5, 5.41) is 7.24. The Hall–Kier alpha value is -2.71. The number of nitrogens with one attached hydrogen (secondary N) is 1. The van der Waals surface area contributed by atoms with Gasteiger partial charge >= 0.3 is 6.61 Å². The highest BCUT2D eigenvalue weighted by Gasteiger charge is 2.10. The van der Waals surface area contributed by atoms with Gasteiger partial charge in [0, 0.05) is 39.5 Å². The first-order valence-electron chi connectivity index (χ1n) is 9.17. The molecular weight excluding hydrogens is 368 g/mol. The quantitative estimate of drug-likeness (QED) is 0.398. The van der Waals surface area contributed by atoms with Gasteiger partial charge in [-0.2, -0.15) is 13.8 Å². The fraction of sp³-hybridized carbons (Fsp3) is 0.526. The zero-order chi connectivity index (χ0) is 20.5. The van der Waals surface area contributed by atoms with Gasteiger partial charge in [-0.1, -0.05) is 31.1 Å². The van der Waals surface area contributed by atoms with E-state index in [9.17, 15) is 8.78 Å². The van der Waals surface area contributed by atoms with E-state index < -0.39 is 6.61 Å². The number of ether oxygens (including phenoxy) is 1. The van der Waals surface area contributed by atoms with Crippen LogP contribution >= 0.6 is 0 Å². The van der Waals surface area contributed by atoms with Gasteiger partial charge in [0.15, 0.2) is 11.8 Å². The van der Waals surface area contributed by atoms with Crippen LogP contribution in [0.15, 0.2) is 33.8 Å². The molecule has 0 amide bonds. The van der Waals surface area contributed by atoms with Crippen LogP contribution in [-0.2, 0) is 13.0 Å². The molecule has 0 aliphatic rings. The second-order valence-electron chi connectivity index (χ2n) is 6.66. The van der Waals surface area contributed by atoms with Crippen molar-refractivity contribution < 1.29 is 18.0 Å².